The van der Waals surface area contributed by atoms with Gasteiger partial charge in [-0.15, -0.1) is 0 Å². The molecule has 1 saturated carbocycles. The summed E-state index contributed by atoms with van der Waals surface area (Å²) in [5.74, 6) is 2.96. The van der Waals surface area contributed by atoms with Crippen LogP contribution >= 0.6 is 0 Å². The van der Waals surface area contributed by atoms with Crippen molar-refractivity contribution in [3.63, 3.8) is 0 Å². The number of β-amino-alcohol motifs (C(OH)–C–C–N with tert-alkyl or cyclic N) is 1. The van der Waals surface area contributed by atoms with E-state index in [0.29, 0.717) is 24.9 Å². The van der Waals surface area contributed by atoms with Crippen LogP contribution < -0.4 is 0 Å². The third kappa shape index (κ3) is 3.05. The zero-order chi connectivity index (χ0) is 15.0. The molecule has 4 nitrogen and oxygen atoms in total. The topological polar surface area (TPSA) is 53.7 Å². The van der Waals surface area contributed by atoms with Gasteiger partial charge >= 0.3 is 0 Å². The second kappa shape index (κ2) is 5.34. The Morgan fingerprint density at radius 3 is 2.86 bits per heavy atom. The average molecular weight is 289 g/mol. The molecule has 2 aliphatic rings. The number of furan rings is 1. The molecule has 0 bridgehead atoms. The predicted molar refractivity (Wildman–Crippen MR) is 80.7 cm³/mol. The number of carbonyl (C=O) groups excluding carboxylic acids is 1. The molecule has 21 heavy (non-hydrogen) atoms. The molecule has 114 valence electrons. The van der Waals surface area contributed by atoms with Crippen molar-refractivity contribution in [3.05, 3.63) is 29.7 Å². The number of rotatable bonds is 5. The lowest BCUT2D eigenvalue weighted by atomic mass is 9.89. The Morgan fingerprint density at radius 2 is 2.24 bits per heavy atom. The zero-order valence-corrected chi connectivity index (χ0v) is 12.7. The Balaban J connectivity index is 1.52. The molecule has 4 heteroatoms. The molecule has 1 amide bonds. The molecule has 1 aliphatic heterocycles. The van der Waals surface area contributed by atoms with Crippen molar-refractivity contribution >= 4 is 12.0 Å². The van der Waals surface area contributed by atoms with Gasteiger partial charge < -0.3 is 14.4 Å². The molecular weight excluding hydrogens is 266 g/mol. The number of aliphatic hydroxyl groups is 1. The highest BCUT2D eigenvalue weighted by Crippen LogP contribution is 2.47. The highest BCUT2D eigenvalue weighted by molar-refractivity contribution is 5.92. The lowest BCUT2D eigenvalue weighted by Crippen LogP contribution is -2.63. The van der Waals surface area contributed by atoms with Crippen molar-refractivity contribution in [1.82, 2.24) is 4.90 Å². The quantitative estimate of drug-likeness (QED) is 0.848. The van der Waals surface area contributed by atoms with Gasteiger partial charge in [-0.25, -0.2) is 0 Å². The van der Waals surface area contributed by atoms with Crippen LogP contribution in [0.1, 0.15) is 50.5 Å². The van der Waals surface area contributed by atoms with E-state index in [1.807, 2.05) is 19.1 Å². The summed E-state index contributed by atoms with van der Waals surface area (Å²) in [5, 5.41) is 10.1. The molecule has 1 saturated heterocycles. The van der Waals surface area contributed by atoms with Crippen molar-refractivity contribution in [1.29, 1.82) is 0 Å². The van der Waals surface area contributed by atoms with E-state index in [0.717, 1.165) is 24.4 Å². The number of amides is 1. The third-order valence-electron chi connectivity index (χ3n) is 4.51. The maximum absolute atomic E-state index is 12.0. The van der Waals surface area contributed by atoms with Gasteiger partial charge in [-0.3, -0.25) is 4.79 Å². The molecule has 0 spiro atoms. The van der Waals surface area contributed by atoms with Gasteiger partial charge in [-0.1, -0.05) is 20.3 Å². The van der Waals surface area contributed by atoms with Crippen molar-refractivity contribution < 1.29 is 14.3 Å². The van der Waals surface area contributed by atoms with E-state index >= 15 is 0 Å². The minimum absolute atomic E-state index is 0.0616. The first-order valence-electron chi connectivity index (χ1n) is 7.80. The molecular formula is C17H23NO3. The van der Waals surface area contributed by atoms with E-state index < -0.39 is 5.60 Å². The maximum atomic E-state index is 12.0. The Labute approximate surface area is 125 Å². The molecule has 1 N–H and O–H groups in total. The summed E-state index contributed by atoms with van der Waals surface area (Å²) >= 11 is 0. The van der Waals surface area contributed by atoms with Crippen molar-refractivity contribution in [2.45, 2.75) is 44.6 Å². The maximum Gasteiger partial charge on any atom is 0.246 e. The van der Waals surface area contributed by atoms with Gasteiger partial charge in [0.2, 0.25) is 5.91 Å². The highest BCUT2D eigenvalue weighted by atomic mass is 16.3. The van der Waals surface area contributed by atoms with Crippen LogP contribution in [-0.2, 0) is 4.79 Å². The Hall–Kier alpha value is -1.55. The minimum Gasteiger partial charge on any atom is -0.461 e. The normalized spacial score (nSPS) is 26.9. The largest absolute Gasteiger partial charge is 0.461 e. The van der Waals surface area contributed by atoms with Crippen molar-refractivity contribution in [3.8, 4) is 0 Å². The lowest BCUT2D eigenvalue weighted by Gasteiger charge is -2.46. The molecule has 2 fully saturated rings. The van der Waals surface area contributed by atoms with Gasteiger partial charge in [-0.05, 0) is 37.0 Å². The van der Waals surface area contributed by atoms with Gasteiger partial charge in [0, 0.05) is 12.0 Å². The number of hydrogen-bond donors (Lipinski definition) is 1. The molecule has 1 aromatic heterocycles. The standard InChI is InChI=1S/C17H23NO3/c1-3-8-17(20)10-18(11-17)16(19)7-5-13-4-6-15(21-13)14-9-12(14)2/h4-7,12,14,20H,3,8-11H2,1-2H3. The highest BCUT2D eigenvalue weighted by Gasteiger charge is 2.42. The zero-order valence-electron chi connectivity index (χ0n) is 12.7. The van der Waals surface area contributed by atoms with Gasteiger partial charge in [0.1, 0.15) is 11.5 Å². The minimum atomic E-state index is -0.668. The Bertz CT molecular complexity index is 554. The first kappa shape index (κ1) is 14.4. The molecule has 3 rings (SSSR count). The summed E-state index contributed by atoms with van der Waals surface area (Å²) in [4.78, 5) is 13.6. The second-order valence-electron chi connectivity index (χ2n) is 6.56. The number of carbonyl (C=O) groups is 1. The van der Waals surface area contributed by atoms with Crippen molar-refractivity contribution in [2.75, 3.05) is 13.1 Å². The summed E-state index contributed by atoms with van der Waals surface area (Å²) in [6.07, 6.45) is 6.13. The molecule has 2 heterocycles. The Morgan fingerprint density at radius 1 is 1.52 bits per heavy atom. The smallest absolute Gasteiger partial charge is 0.246 e. The summed E-state index contributed by atoms with van der Waals surface area (Å²) < 4.78 is 5.73. The summed E-state index contributed by atoms with van der Waals surface area (Å²) in [7, 11) is 0. The van der Waals surface area contributed by atoms with Crippen LogP contribution in [0.15, 0.2) is 22.6 Å². The van der Waals surface area contributed by atoms with E-state index in [1.165, 1.54) is 12.5 Å². The van der Waals surface area contributed by atoms with Gasteiger partial charge in [0.15, 0.2) is 0 Å². The van der Waals surface area contributed by atoms with E-state index in [-0.39, 0.29) is 5.91 Å². The molecule has 1 aromatic rings. The fraction of sp³-hybridized carbons (Fsp3) is 0.588. The van der Waals surface area contributed by atoms with Crippen LogP contribution in [0.5, 0.6) is 0 Å². The predicted octanol–water partition coefficient (Wildman–Crippen LogP) is 2.79. The summed E-state index contributed by atoms with van der Waals surface area (Å²) in [6, 6.07) is 3.91. The van der Waals surface area contributed by atoms with Crippen LogP contribution in [0, 0.1) is 5.92 Å². The summed E-state index contributed by atoms with van der Waals surface area (Å²) in [5.41, 5.74) is -0.668. The second-order valence-corrected chi connectivity index (χ2v) is 6.56. The monoisotopic (exact) mass is 289 g/mol. The van der Waals surface area contributed by atoms with Crippen LogP contribution in [-0.4, -0.2) is 34.6 Å². The van der Waals surface area contributed by atoms with E-state index in [9.17, 15) is 9.90 Å². The summed E-state index contributed by atoms with van der Waals surface area (Å²) in [6.45, 7) is 5.13. The van der Waals surface area contributed by atoms with E-state index in [1.54, 1.807) is 11.0 Å². The molecule has 2 unspecified atom stereocenters. The van der Waals surface area contributed by atoms with Crippen LogP contribution in [0.2, 0.25) is 0 Å². The number of likely N-dealkylation sites (tertiary alicyclic amines) is 1. The fourth-order valence-electron chi connectivity index (χ4n) is 3.08. The fourth-order valence-corrected chi connectivity index (χ4v) is 3.08. The van der Waals surface area contributed by atoms with E-state index in [2.05, 4.69) is 6.92 Å². The number of hydrogen-bond acceptors (Lipinski definition) is 3. The molecule has 0 radical (unpaired) electrons. The average Bonchev–Trinajstić information content (AvgIpc) is 2.96. The third-order valence-corrected chi connectivity index (χ3v) is 4.51. The van der Waals surface area contributed by atoms with Gasteiger partial charge in [0.25, 0.3) is 0 Å². The SMILES string of the molecule is CCCC1(O)CN(C(=O)C=Cc2ccc(C3CC3C)o2)C1. The number of nitrogens with zero attached hydrogens (tertiary/aromatic N) is 1. The molecule has 0 aromatic carbocycles. The molecule has 2 atom stereocenters. The first-order valence-corrected chi connectivity index (χ1v) is 7.80. The van der Waals surface area contributed by atoms with E-state index in [4.69, 9.17) is 4.42 Å². The lowest BCUT2D eigenvalue weighted by molar-refractivity contribution is -0.151. The van der Waals surface area contributed by atoms with Crippen molar-refractivity contribution in [2.24, 2.45) is 5.92 Å². The van der Waals surface area contributed by atoms with Crippen LogP contribution in [0.4, 0.5) is 0 Å². The molecule has 1 aliphatic carbocycles. The van der Waals surface area contributed by atoms with Gasteiger partial charge in [-0.2, -0.15) is 0 Å². The Kier molecular flexibility index (Phi) is 3.66. The van der Waals surface area contributed by atoms with Crippen LogP contribution in [0.25, 0.3) is 6.08 Å². The van der Waals surface area contributed by atoms with Crippen LogP contribution in [0.3, 0.4) is 0 Å². The first-order chi connectivity index (χ1) is 10.0. The van der Waals surface area contributed by atoms with Gasteiger partial charge in [0.05, 0.1) is 18.7 Å².